The highest BCUT2D eigenvalue weighted by atomic mass is 16.4. The molecule has 1 fully saturated rings. The summed E-state index contributed by atoms with van der Waals surface area (Å²) in [6.45, 7) is 8.84. The van der Waals surface area contributed by atoms with Crippen LogP contribution in [0.15, 0.2) is 22.9 Å². The van der Waals surface area contributed by atoms with Crippen molar-refractivity contribution < 1.29 is 4.42 Å². The molecule has 0 bridgehead atoms. The van der Waals surface area contributed by atoms with Gasteiger partial charge in [-0.05, 0) is 26.0 Å². The Morgan fingerprint density at radius 1 is 1.21 bits per heavy atom. The van der Waals surface area contributed by atoms with Crippen LogP contribution < -0.4 is 4.90 Å². The molecule has 4 rings (SSSR count). The van der Waals surface area contributed by atoms with Crippen LogP contribution in [0.1, 0.15) is 31.7 Å². The van der Waals surface area contributed by atoms with Gasteiger partial charge < -0.3 is 9.32 Å². The van der Waals surface area contributed by atoms with Crippen LogP contribution in [-0.2, 0) is 0 Å². The maximum Gasteiger partial charge on any atom is 0.233 e. The third kappa shape index (κ3) is 2.60. The molecule has 1 aliphatic heterocycles. The second-order valence-corrected chi connectivity index (χ2v) is 6.20. The standard InChI is InChI=1S/C15H20N8O/c1-10-8-21(11(2)15-19-17-12(3)24-15)6-7-22(10)14-5-4-13-18-16-9-23(13)20-14/h4-5,9-11H,6-8H2,1-3H3. The zero-order valence-corrected chi connectivity index (χ0v) is 14.0. The number of nitrogens with zero attached hydrogens (tertiary/aromatic N) is 8. The Hall–Kier alpha value is -2.55. The van der Waals surface area contributed by atoms with Crippen molar-refractivity contribution in [1.29, 1.82) is 0 Å². The Kier molecular flexibility index (Phi) is 3.64. The third-order valence-electron chi connectivity index (χ3n) is 4.55. The van der Waals surface area contributed by atoms with Crippen molar-refractivity contribution in [2.75, 3.05) is 24.5 Å². The smallest absolute Gasteiger partial charge is 0.233 e. The number of hydrogen-bond donors (Lipinski definition) is 0. The van der Waals surface area contributed by atoms with Crippen molar-refractivity contribution in [3.05, 3.63) is 30.2 Å². The fourth-order valence-electron chi connectivity index (χ4n) is 3.19. The van der Waals surface area contributed by atoms with Gasteiger partial charge in [-0.15, -0.1) is 25.5 Å². The van der Waals surface area contributed by atoms with E-state index in [9.17, 15) is 0 Å². The maximum absolute atomic E-state index is 5.58. The van der Waals surface area contributed by atoms with Crippen LogP contribution in [0.5, 0.6) is 0 Å². The topological polar surface area (TPSA) is 88.5 Å². The number of aromatic nitrogens is 6. The molecule has 0 aliphatic carbocycles. The number of fused-ring (bicyclic) bond motifs is 1. The summed E-state index contributed by atoms with van der Waals surface area (Å²) in [5.41, 5.74) is 0.755. The van der Waals surface area contributed by atoms with Crippen molar-refractivity contribution >= 4 is 11.5 Å². The summed E-state index contributed by atoms with van der Waals surface area (Å²) in [5.74, 6) is 2.22. The number of rotatable bonds is 3. The molecule has 1 saturated heterocycles. The van der Waals surface area contributed by atoms with Gasteiger partial charge in [0.1, 0.15) is 12.1 Å². The Morgan fingerprint density at radius 2 is 2.08 bits per heavy atom. The highest BCUT2D eigenvalue weighted by molar-refractivity contribution is 5.46. The zero-order chi connectivity index (χ0) is 16.7. The molecule has 9 nitrogen and oxygen atoms in total. The normalized spacial score (nSPS) is 20.6. The van der Waals surface area contributed by atoms with Crippen LogP contribution in [0, 0.1) is 6.92 Å². The SMILES string of the molecule is Cc1nnc(C(C)N2CCN(c3ccc4nncn4n3)C(C)C2)o1. The number of hydrogen-bond acceptors (Lipinski definition) is 8. The fourth-order valence-corrected chi connectivity index (χ4v) is 3.19. The van der Waals surface area contributed by atoms with Crippen molar-refractivity contribution in [1.82, 2.24) is 34.9 Å². The summed E-state index contributed by atoms with van der Waals surface area (Å²) < 4.78 is 7.28. The lowest BCUT2D eigenvalue weighted by Gasteiger charge is -2.42. The van der Waals surface area contributed by atoms with E-state index in [4.69, 9.17) is 4.42 Å². The Bertz CT molecular complexity index is 843. The first kappa shape index (κ1) is 15.0. The van der Waals surface area contributed by atoms with Gasteiger partial charge in [-0.2, -0.15) is 4.52 Å². The van der Waals surface area contributed by atoms with E-state index >= 15 is 0 Å². The minimum absolute atomic E-state index is 0.115. The second-order valence-electron chi connectivity index (χ2n) is 6.20. The largest absolute Gasteiger partial charge is 0.424 e. The first-order valence-corrected chi connectivity index (χ1v) is 8.09. The van der Waals surface area contributed by atoms with E-state index in [1.807, 2.05) is 19.1 Å². The van der Waals surface area contributed by atoms with Gasteiger partial charge in [0.2, 0.25) is 11.8 Å². The average molecular weight is 328 g/mol. The predicted octanol–water partition coefficient (Wildman–Crippen LogP) is 1.09. The minimum atomic E-state index is 0.115. The van der Waals surface area contributed by atoms with E-state index in [1.165, 1.54) is 0 Å². The summed E-state index contributed by atoms with van der Waals surface area (Å²) in [6, 6.07) is 4.38. The van der Waals surface area contributed by atoms with E-state index in [1.54, 1.807) is 10.8 Å². The van der Waals surface area contributed by atoms with Crippen LogP contribution >= 0.6 is 0 Å². The molecule has 126 valence electrons. The molecular weight excluding hydrogens is 308 g/mol. The number of aryl methyl sites for hydroxylation is 1. The molecule has 0 saturated carbocycles. The van der Waals surface area contributed by atoms with Crippen molar-refractivity contribution in [3.63, 3.8) is 0 Å². The predicted molar refractivity (Wildman–Crippen MR) is 86.6 cm³/mol. The third-order valence-corrected chi connectivity index (χ3v) is 4.55. The lowest BCUT2D eigenvalue weighted by Crippen LogP contribution is -2.52. The first-order valence-electron chi connectivity index (χ1n) is 8.09. The molecule has 0 aromatic carbocycles. The Morgan fingerprint density at radius 3 is 2.83 bits per heavy atom. The van der Waals surface area contributed by atoms with Gasteiger partial charge in [-0.3, -0.25) is 4.90 Å². The average Bonchev–Trinajstić information content (AvgIpc) is 3.22. The van der Waals surface area contributed by atoms with Crippen molar-refractivity contribution in [3.8, 4) is 0 Å². The molecule has 0 spiro atoms. The Labute approximate surface area is 139 Å². The van der Waals surface area contributed by atoms with Crippen LogP contribution in [0.2, 0.25) is 0 Å². The fraction of sp³-hybridized carbons (Fsp3) is 0.533. The highest BCUT2D eigenvalue weighted by Crippen LogP contribution is 2.25. The van der Waals surface area contributed by atoms with E-state index in [2.05, 4.69) is 49.1 Å². The number of piperazine rings is 1. The summed E-state index contributed by atoms with van der Waals surface area (Å²) in [4.78, 5) is 4.67. The summed E-state index contributed by atoms with van der Waals surface area (Å²) in [5, 5.41) is 20.6. The molecule has 0 N–H and O–H groups in total. The van der Waals surface area contributed by atoms with Gasteiger partial charge in [-0.25, -0.2) is 0 Å². The van der Waals surface area contributed by atoms with E-state index in [0.717, 1.165) is 31.1 Å². The molecule has 9 heteroatoms. The van der Waals surface area contributed by atoms with Crippen LogP contribution in [0.25, 0.3) is 5.65 Å². The van der Waals surface area contributed by atoms with Gasteiger partial charge in [0.25, 0.3) is 0 Å². The molecule has 0 amide bonds. The molecule has 2 unspecified atom stereocenters. The van der Waals surface area contributed by atoms with Gasteiger partial charge >= 0.3 is 0 Å². The quantitative estimate of drug-likeness (QED) is 0.706. The molecular formula is C15H20N8O. The highest BCUT2D eigenvalue weighted by Gasteiger charge is 2.30. The minimum Gasteiger partial charge on any atom is -0.424 e. The monoisotopic (exact) mass is 328 g/mol. The molecule has 3 aromatic rings. The first-order chi connectivity index (χ1) is 11.6. The maximum atomic E-state index is 5.58. The summed E-state index contributed by atoms with van der Waals surface area (Å²) in [7, 11) is 0. The lowest BCUT2D eigenvalue weighted by molar-refractivity contribution is 0.152. The lowest BCUT2D eigenvalue weighted by atomic mass is 10.1. The number of anilines is 1. The summed E-state index contributed by atoms with van der Waals surface area (Å²) in [6.07, 6.45) is 1.62. The van der Waals surface area contributed by atoms with Gasteiger partial charge in [0.05, 0.1) is 6.04 Å². The van der Waals surface area contributed by atoms with Crippen LogP contribution in [-0.4, -0.2) is 60.6 Å². The molecule has 3 aromatic heterocycles. The second kappa shape index (κ2) is 5.82. The Balaban J connectivity index is 1.49. The van der Waals surface area contributed by atoms with E-state index in [0.29, 0.717) is 17.8 Å². The van der Waals surface area contributed by atoms with Crippen molar-refractivity contribution in [2.24, 2.45) is 0 Å². The zero-order valence-electron chi connectivity index (χ0n) is 14.0. The van der Waals surface area contributed by atoms with Crippen LogP contribution in [0.3, 0.4) is 0 Å². The molecule has 0 radical (unpaired) electrons. The van der Waals surface area contributed by atoms with Gasteiger partial charge in [0, 0.05) is 32.6 Å². The molecule has 24 heavy (non-hydrogen) atoms. The van der Waals surface area contributed by atoms with E-state index < -0.39 is 0 Å². The summed E-state index contributed by atoms with van der Waals surface area (Å²) >= 11 is 0. The molecule has 4 heterocycles. The van der Waals surface area contributed by atoms with Gasteiger partial charge in [-0.1, -0.05) is 0 Å². The van der Waals surface area contributed by atoms with Gasteiger partial charge in [0.15, 0.2) is 5.65 Å². The van der Waals surface area contributed by atoms with Crippen LogP contribution in [0.4, 0.5) is 5.82 Å². The molecule has 2 atom stereocenters. The van der Waals surface area contributed by atoms with E-state index in [-0.39, 0.29) is 6.04 Å². The van der Waals surface area contributed by atoms with Crippen molar-refractivity contribution in [2.45, 2.75) is 32.9 Å². The molecule has 1 aliphatic rings.